The maximum Gasteiger partial charge on any atom is 0.317 e. The van der Waals surface area contributed by atoms with Crippen molar-refractivity contribution in [1.29, 1.82) is 0 Å². The van der Waals surface area contributed by atoms with Crippen LogP contribution in [0.1, 0.15) is 26.2 Å². The van der Waals surface area contributed by atoms with Gasteiger partial charge in [-0.2, -0.15) is 0 Å². The summed E-state index contributed by atoms with van der Waals surface area (Å²) in [7, 11) is 1.64. The number of nitrogens with one attached hydrogen (secondary N) is 1. The van der Waals surface area contributed by atoms with E-state index in [1.807, 2.05) is 6.92 Å². The monoisotopic (exact) mass is 246 g/mol. The number of unbranched alkanes of at least 4 members (excludes halogenated alkanes) is 1. The number of hydrogen-bond acceptors (Lipinski definition) is 3. The van der Waals surface area contributed by atoms with E-state index in [1.165, 1.54) is 4.90 Å². The quantitative estimate of drug-likeness (QED) is 0.593. The first-order valence-electron chi connectivity index (χ1n) is 5.85. The first-order valence-corrected chi connectivity index (χ1v) is 5.85. The van der Waals surface area contributed by atoms with E-state index in [0.29, 0.717) is 19.7 Å². The van der Waals surface area contributed by atoms with Gasteiger partial charge in [0.25, 0.3) is 0 Å². The van der Waals surface area contributed by atoms with Gasteiger partial charge in [-0.05, 0) is 19.8 Å². The molecule has 2 N–H and O–H groups in total. The van der Waals surface area contributed by atoms with Crippen molar-refractivity contribution in [3.63, 3.8) is 0 Å². The van der Waals surface area contributed by atoms with Crippen LogP contribution in [-0.4, -0.2) is 55.4 Å². The zero-order valence-electron chi connectivity index (χ0n) is 10.6. The van der Waals surface area contributed by atoms with E-state index >= 15 is 0 Å². The Labute approximate surface area is 102 Å². The highest BCUT2D eigenvalue weighted by Gasteiger charge is 2.11. The van der Waals surface area contributed by atoms with Crippen molar-refractivity contribution in [1.82, 2.24) is 10.2 Å². The van der Waals surface area contributed by atoms with Crippen LogP contribution < -0.4 is 5.32 Å². The molecule has 0 heterocycles. The second-order valence-electron chi connectivity index (χ2n) is 3.66. The fourth-order valence-corrected chi connectivity index (χ4v) is 1.31. The minimum Gasteiger partial charge on any atom is -0.481 e. The van der Waals surface area contributed by atoms with Gasteiger partial charge in [-0.3, -0.25) is 4.79 Å². The number of carbonyl (C=O) groups excluding carboxylic acids is 1. The Morgan fingerprint density at radius 3 is 2.59 bits per heavy atom. The lowest BCUT2D eigenvalue weighted by Gasteiger charge is -2.20. The SMILES string of the molecule is CCN(CCC(=O)O)C(=O)NCCCCOC. The minimum atomic E-state index is -0.892. The Balaban J connectivity index is 3.72. The van der Waals surface area contributed by atoms with Gasteiger partial charge in [0.1, 0.15) is 0 Å². The van der Waals surface area contributed by atoms with E-state index in [4.69, 9.17) is 9.84 Å². The fourth-order valence-electron chi connectivity index (χ4n) is 1.31. The van der Waals surface area contributed by atoms with Crippen LogP contribution in [0.2, 0.25) is 0 Å². The van der Waals surface area contributed by atoms with Crippen LogP contribution >= 0.6 is 0 Å². The van der Waals surface area contributed by atoms with Gasteiger partial charge in [-0.1, -0.05) is 0 Å². The maximum atomic E-state index is 11.6. The van der Waals surface area contributed by atoms with Crippen LogP contribution in [0, 0.1) is 0 Å². The zero-order chi connectivity index (χ0) is 13.1. The summed E-state index contributed by atoms with van der Waals surface area (Å²) in [5, 5.41) is 11.3. The molecule has 100 valence electrons. The van der Waals surface area contributed by atoms with E-state index in [1.54, 1.807) is 7.11 Å². The zero-order valence-corrected chi connectivity index (χ0v) is 10.6. The third-order valence-corrected chi connectivity index (χ3v) is 2.32. The molecule has 2 amide bonds. The number of carbonyl (C=O) groups is 2. The van der Waals surface area contributed by atoms with Crippen molar-refractivity contribution in [3.05, 3.63) is 0 Å². The third-order valence-electron chi connectivity index (χ3n) is 2.32. The van der Waals surface area contributed by atoms with Gasteiger partial charge < -0.3 is 20.1 Å². The van der Waals surface area contributed by atoms with E-state index in [-0.39, 0.29) is 19.0 Å². The Hall–Kier alpha value is -1.30. The number of carboxylic acid groups (broad SMARTS) is 1. The number of nitrogens with zero attached hydrogens (tertiary/aromatic N) is 1. The summed E-state index contributed by atoms with van der Waals surface area (Å²) in [6, 6.07) is -0.203. The largest absolute Gasteiger partial charge is 0.481 e. The molecular formula is C11H22N2O4. The van der Waals surface area contributed by atoms with Crippen LogP contribution in [-0.2, 0) is 9.53 Å². The molecule has 6 heteroatoms. The van der Waals surface area contributed by atoms with E-state index in [2.05, 4.69) is 5.32 Å². The molecule has 0 saturated carbocycles. The topological polar surface area (TPSA) is 78.9 Å². The third kappa shape index (κ3) is 8.50. The molecule has 0 aliphatic rings. The van der Waals surface area contributed by atoms with Gasteiger partial charge in [0.15, 0.2) is 0 Å². The standard InChI is InChI=1S/C11H22N2O4/c1-3-13(8-6-10(14)15)11(16)12-7-4-5-9-17-2/h3-9H2,1-2H3,(H,12,16)(H,14,15). The fraction of sp³-hybridized carbons (Fsp3) is 0.818. The summed E-state index contributed by atoms with van der Waals surface area (Å²) in [5.41, 5.74) is 0. The van der Waals surface area contributed by atoms with Crippen LogP contribution in [0.5, 0.6) is 0 Å². The number of aliphatic carboxylic acids is 1. The molecule has 0 aromatic carbocycles. The van der Waals surface area contributed by atoms with Gasteiger partial charge in [0, 0.05) is 33.4 Å². The average Bonchev–Trinajstić information content (AvgIpc) is 2.29. The summed E-state index contributed by atoms with van der Waals surface area (Å²) in [4.78, 5) is 23.5. The van der Waals surface area contributed by atoms with Crippen LogP contribution in [0.4, 0.5) is 4.79 Å². The molecule has 0 aromatic rings. The molecule has 17 heavy (non-hydrogen) atoms. The molecule has 0 unspecified atom stereocenters. The van der Waals surface area contributed by atoms with Gasteiger partial charge in [-0.25, -0.2) is 4.79 Å². The molecular weight excluding hydrogens is 224 g/mol. The number of carboxylic acids is 1. The predicted molar refractivity (Wildman–Crippen MR) is 64.0 cm³/mol. The maximum absolute atomic E-state index is 11.6. The second-order valence-corrected chi connectivity index (χ2v) is 3.66. The molecule has 0 aliphatic heterocycles. The molecule has 0 saturated heterocycles. The molecule has 6 nitrogen and oxygen atoms in total. The van der Waals surface area contributed by atoms with Crippen molar-refractivity contribution in [2.24, 2.45) is 0 Å². The lowest BCUT2D eigenvalue weighted by atomic mass is 10.3. The predicted octanol–water partition coefficient (Wildman–Crippen LogP) is 0.919. The lowest BCUT2D eigenvalue weighted by Crippen LogP contribution is -2.41. The molecule has 0 radical (unpaired) electrons. The Bertz CT molecular complexity index is 234. The summed E-state index contributed by atoms with van der Waals surface area (Å²) in [6.45, 7) is 3.86. The van der Waals surface area contributed by atoms with Gasteiger partial charge in [-0.15, -0.1) is 0 Å². The average molecular weight is 246 g/mol. The molecule has 0 aromatic heterocycles. The minimum absolute atomic E-state index is 0.0229. The Morgan fingerprint density at radius 1 is 1.35 bits per heavy atom. The molecule has 0 atom stereocenters. The first kappa shape index (κ1) is 15.7. The Kier molecular flexibility index (Phi) is 9.14. The highest BCUT2D eigenvalue weighted by atomic mass is 16.5. The van der Waals surface area contributed by atoms with Crippen molar-refractivity contribution in [2.45, 2.75) is 26.2 Å². The van der Waals surface area contributed by atoms with Crippen molar-refractivity contribution >= 4 is 12.0 Å². The van der Waals surface area contributed by atoms with Crippen molar-refractivity contribution in [3.8, 4) is 0 Å². The summed E-state index contributed by atoms with van der Waals surface area (Å²) in [6.07, 6.45) is 1.74. The number of rotatable bonds is 9. The first-order chi connectivity index (χ1) is 8.11. The van der Waals surface area contributed by atoms with Gasteiger partial charge in [0.05, 0.1) is 6.42 Å². The van der Waals surface area contributed by atoms with Crippen LogP contribution in [0.3, 0.4) is 0 Å². The molecule has 0 aliphatic carbocycles. The molecule has 0 bridgehead atoms. The number of ether oxygens (including phenoxy) is 1. The number of hydrogen-bond donors (Lipinski definition) is 2. The normalized spacial score (nSPS) is 10.0. The van der Waals surface area contributed by atoms with E-state index in [9.17, 15) is 9.59 Å². The smallest absolute Gasteiger partial charge is 0.317 e. The summed E-state index contributed by atoms with van der Waals surface area (Å²) < 4.78 is 4.89. The van der Waals surface area contributed by atoms with Gasteiger partial charge >= 0.3 is 12.0 Å². The molecule has 0 spiro atoms. The van der Waals surface area contributed by atoms with Crippen molar-refractivity contribution in [2.75, 3.05) is 33.4 Å². The number of methoxy groups -OCH3 is 1. The van der Waals surface area contributed by atoms with E-state index < -0.39 is 5.97 Å². The summed E-state index contributed by atoms with van der Waals surface area (Å²) >= 11 is 0. The second kappa shape index (κ2) is 9.89. The summed E-state index contributed by atoms with van der Waals surface area (Å²) in [5.74, 6) is -0.892. The van der Waals surface area contributed by atoms with E-state index in [0.717, 1.165) is 12.8 Å². The Morgan fingerprint density at radius 2 is 2.06 bits per heavy atom. The van der Waals surface area contributed by atoms with Crippen LogP contribution in [0.15, 0.2) is 0 Å². The molecule has 0 rings (SSSR count). The number of urea groups is 1. The van der Waals surface area contributed by atoms with Crippen molar-refractivity contribution < 1.29 is 19.4 Å². The van der Waals surface area contributed by atoms with Crippen LogP contribution in [0.25, 0.3) is 0 Å². The molecule has 0 fully saturated rings. The lowest BCUT2D eigenvalue weighted by molar-refractivity contribution is -0.137. The number of amides is 2. The highest BCUT2D eigenvalue weighted by Crippen LogP contribution is 1.94. The van der Waals surface area contributed by atoms with Gasteiger partial charge in [0.2, 0.25) is 0 Å². The highest BCUT2D eigenvalue weighted by molar-refractivity contribution is 5.75.